The number of aromatic amines is 1. The molecule has 0 spiro atoms. The zero-order chi connectivity index (χ0) is 14.1. The van der Waals surface area contributed by atoms with Crippen LogP contribution in [-0.4, -0.2) is 27.9 Å². The van der Waals surface area contributed by atoms with Gasteiger partial charge in [-0.2, -0.15) is 0 Å². The summed E-state index contributed by atoms with van der Waals surface area (Å²) in [5, 5.41) is 9.51. The number of amides is 1. The molecular formula is C12H11ClN4O3. The van der Waals surface area contributed by atoms with Crippen LogP contribution < -0.4 is 14.8 Å². The lowest BCUT2D eigenvalue weighted by atomic mass is 10.2. The molecule has 8 heteroatoms. The maximum atomic E-state index is 12.0. The third-order valence-corrected chi connectivity index (χ3v) is 3.09. The van der Waals surface area contributed by atoms with Crippen molar-refractivity contribution in [1.82, 2.24) is 15.2 Å². The van der Waals surface area contributed by atoms with Gasteiger partial charge in [-0.15, -0.1) is 5.10 Å². The van der Waals surface area contributed by atoms with E-state index in [-0.39, 0.29) is 12.6 Å². The summed E-state index contributed by atoms with van der Waals surface area (Å²) in [6.07, 6.45) is 0.672. The van der Waals surface area contributed by atoms with E-state index in [9.17, 15) is 4.79 Å². The van der Waals surface area contributed by atoms with E-state index in [1.165, 1.54) is 0 Å². The van der Waals surface area contributed by atoms with Crippen molar-refractivity contribution in [3.63, 3.8) is 0 Å². The smallest absolute Gasteiger partial charge is 0.295 e. The Morgan fingerprint density at radius 2 is 2.20 bits per heavy atom. The van der Waals surface area contributed by atoms with E-state index in [1.807, 2.05) is 6.92 Å². The van der Waals surface area contributed by atoms with Crippen molar-refractivity contribution >= 4 is 23.2 Å². The summed E-state index contributed by atoms with van der Waals surface area (Å²) in [7, 11) is 0. The number of nitrogens with zero attached hydrogens (tertiary/aromatic N) is 2. The Bertz CT molecular complexity index is 671. The standard InChI is InChI=1S/C12H11ClN4O3/c1-2-10-15-11(17-16-10)12(18)14-7-4-9-8(3-6(7)13)19-5-20-9/h3-4H,2,5H2,1H3,(H,14,18)(H,15,16,17). The Kier molecular flexibility index (Phi) is 3.19. The Hall–Kier alpha value is -2.28. The van der Waals surface area contributed by atoms with Crippen LogP contribution in [0.4, 0.5) is 5.69 Å². The first kappa shape index (κ1) is 12.7. The summed E-state index contributed by atoms with van der Waals surface area (Å²) < 4.78 is 10.4. The summed E-state index contributed by atoms with van der Waals surface area (Å²) in [5.74, 6) is 1.36. The third-order valence-electron chi connectivity index (χ3n) is 2.78. The molecule has 0 fully saturated rings. The summed E-state index contributed by atoms with van der Waals surface area (Å²) in [6, 6.07) is 3.20. The second kappa shape index (κ2) is 5.01. The Morgan fingerprint density at radius 3 is 2.90 bits per heavy atom. The van der Waals surface area contributed by atoms with Gasteiger partial charge in [0.15, 0.2) is 11.5 Å². The molecule has 0 radical (unpaired) electrons. The molecule has 7 nitrogen and oxygen atoms in total. The summed E-state index contributed by atoms with van der Waals surface area (Å²) >= 11 is 6.07. The van der Waals surface area contributed by atoms with Crippen LogP contribution in [0.5, 0.6) is 11.5 Å². The first-order valence-corrected chi connectivity index (χ1v) is 6.37. The average Bonchev–Trinajstić information content (AvgIpc) is 3.07. The van der Waals surface area contributed by atoms with Crippen molar-refractivity contribution in [3.8, 4) is 11.5 Å². The molecule has 0 unspecified atom stereocenters. The lowest BCUT2D eigenvalue weighted by molar-refractivity contribution is 0.101. The molecule has 0 saturated heterocycles. The SMILES string of the molecule is CCc1nc(C(=O)Nc2cc3c(cc2Cl)OCO3)n[nH]1. The highest BCUT2D eigenvalue weighted by Gasteiger charge is 2.19. The largest absolute Gasteiger partial charge is 0.454 e. The molecule has 0 atom stereocenters. The maximum Gasteiger partial charge on any atom is 0.295 e. The molecule has 2 N–H and O–H groups in total. The van der Waals surface area contributed by atoms with Crippen LogP contribution in [0.2, 0.25) is 5.02 Å². The first-order chi connectivity index (χ1) is 9.67. The van der Waals surface area contributed by atoms with Crippen molar-refractivity contribution < 1.29 is 14.3 Å². The van der Waals surface area contributed by atoms with Gasteiger partial charge in [-0.05, 0) is 0 Å². The van der Waals surface area contributed by atoms with E-state index in [0.717, 1.165) is 0 Å². The van der Waals surface area contributed by atoms with Gasteiger partial charge in [0, 0.05) is 18.6 Å². The highest BCUT2D eigenvalue weighted by Crippen LogP contribution is 2.39. The van der Waals surface area contributed by atoms with Gasteiger partial charge < -0.3 is 14.8 Å². The van der Waals surface area contributed by atoms with Crippen LogP contribution in [0, 0.1) is 0 Å². The Morgan fingerprint density at radius 1 is 1.45 bits per heavy atom. The maximum absolute atomic E-state index is 12.0. The van der Waals surface area contributed by atoms with Crippen molar-refractivity contribution in [1.29, 1.82) is 0 Å². The van der Waals surface area contributed by atoms with Gasteiger partial charge in [0.2, 0.25) is 12.6 Å². The number of halogens is 1. The van der Waals surface area contributed by atoms with E-state index in [1.54, 1.807) is 12.1 Å². The molecule has 1 aromatic carbocycles. The van der Waals surface area contributed by atoms with Crippen molar-refractivity contribution in [2.75, 3.05) is 12.1 Å². The highest BCUT2D eigenvalue weighted by molar-refractivity contribution is 6.34. The monoisotopic (exact) mass is 294 g/mol. The average molecular weight is 295 g/mol. The van der Waals surface area contributed by atoms with Gasteiger partial charge in [0.05, 0.1) is 10.7 Å². The number of rotatable bonds is 3. The molecule has 2 heterocycles. The van der Waals surface area contributed by atoms with Gasteiger partial charge in [0.25, 0.3) is 5.91 Å². The molecule has 20 heavy (non-hydrogen) atoms. The van der Waals surface area contributed by atoms with E-state index in [0.29, 0.717) is 34.5 Å². The topological polar surface area (TPSA) is 89.1 Å². The highest BCUT2D eigenvalue weighted by atomic mass is 35.5. The molecule has 3 rings (SSSR count). The van der Waals surface area contributed by atoms with Crippen LogP contribution in [0.3, 0.4) is 0 Å². The minimum absolute atomic E-state index is 0.0654. The van der Waals surface area contributed by atoms with Gasteiger partial charge in [0.1, 0.15) is 5.82 Å². The number of anilines is 1. The summed E-state index contributed by atoms with van der Waals surface area (Å²) in [5.41, 5.74) is 0.420. The number of fused-ring (bicyclic) bond motifs is 1. The second-order valence-corrected chi connectivity index (χ2v) is 4.51. The molecule has 2 aromatic rings. The lowest BCUT2D eigenvalue weighted by Crippen LogP contribution is -2.14. The summed E-state index contributed by atoms with van der Waals surface area (Å²) in [4.78, 5) is 16.1. The molecule has 104 valence electrons. The van der Waals surface area contributed by atoms with E-state index >= 15 is 0 Å². The van der Waals surface area contributed by atoms with Gasteiger partial charge in [-0.25, -0.2) is 4.98 Å². The van der Waals surface area contributed by atoms with Crippen LogP contribution in [0.25, 0.3) is 0 Å². The van der Waals surface area contributed by atoms with Crippen LogP contribution in [-0.2, 0) is 6.42 Å². The quantitative estimate of drug-likeness (QED) is 0.904. The number of ether oxygens (including phenoxy) is 2. The number of hydrogen-bond acceptors (Lipinski definition) is 5. The molecule has 0 aliphatic carbocycles. The normalized spacial score (nSPS) is 12.5. The van der Waals surface area contributed by atoms with Gasteiger partial charge in [-0.1, -0.05) is 18.5 Å². The number of aromatic nitrogens is 3. The van der Waals surface area contributed by atoms with Crippen LogP contribution in [0.1, 0.15) is 23.4 Å². The zero-order valence-electron chi connectivity index (χ0n) is 10.6. The Balaban J connectivity index is 1.82. The van der Waals surface area contributed by atoms with E-state index in [2.05, 4.69) is 20.5 Å². The van der Waals surface area contributed by atoms with Gasteiger partial charge >= 0.3 is 0 Å². The first-order valence-electron chi connectivity index (χ1n) is 5.99. The molecule has 1 aliphatic heterocycles. The molecular weight excluding hydrogens is 284 g/mol. The number of carbonyl (C=O) groups excluding carboxylic acids is 1. The minimum Gasteiger partial charge on any atom is -0.454 e. The van der Waals surface area contributed by atoms with Crippen molar-refractivity contribution in [2.24, 2.45) is 0 Å². The molecule has 1 aliphatic rings. The van der Waals surface area contributed by atoms with Crippen LogP contribution in [0.15, 0.2) is 12.1 Å². The fraction of sp³-hybridized carbons (Fsp3) is 0.250. The lowest BCUT2D eigenvalue weighted by Gasteiger charge is -2.06. The van der Waals surface area contributed by atoms with Gasteiger partial charge in [-0.3, -0.25) is 9.89 Å². The minimum atomic E-state index is -0.443. The second-order valence-electron chi connectivity index (χ2n) is 4.10. The number of hydrogen-bond donors (Lipinski definition) is 2. The molecule has 0 saturated carbocycles. The van der Waals surface area contributed by atoms with E-state index in [4.69, 9.17) is 21.1 Å². The fourth-order valence-corrected chi connectivity index (χ4v) is 1.95. The predicted octanol–water partition coefficient (Wildman–Crippen LogP) is 2.00. The van der Waals surface area contributed by atoms with Crippen LogP contribution >= 0.6 is 11.6 Å². The van der Waals surface area contributed by atoms with Crippen molar-refractivity contribution in [3.05, 3.63) is 28.8 Å². The predicted molar refractivity (Wildman–Crippen MR) is 71.3 cm³/mol. The molecule has 1 amide bonds. The number of benzene rings is 1. The molecule has 1 aromatic heterocycles. The van der Waals surface area contributed by atoms with E-state index < -0.39 is 5.91 Å². The number of aryl methyl sites for hydroxylation is 1. The van der Waals surface area contributed by atoms with Crippen molar-refractivity contribution in [2.45, 2.75) is 13.3 Å². The fourth-order valence-electron chi connectivity index (χ4n) is 1.75. The zero-order valence-corrected chi connectivity index (χ0v) is 11.3. The third kappa shape index (κ3) is 2.27. The molecule has 0 bridgehead atoms. The number of nitrogens with one attached hydrogen (secondary N) is 2. The number of carbonyl (C=O) groups is 1. The summed E-state index contributed by atoms with van der Waals surface area (Å²) in [6.45, 7) is 2.06. The Labute approximate surface area is 119 Å². The number of H-pyrrole nitrogens is 1.